The van der Waals surface area contributed by atoms with E-state index in [0.717, 1.165) is 5.56 Å². The van der Waals surface area contributed by atoms with Crippen LogP contribution in [0, 0.1) is 5.53 Å². The van der Waals surface area contributed by atoms with Gasteiger partial charge in [0.1, 0.15) is 0 Å². The number of aldehydes is 1. The molecule has 11 heavy (non-hydrogen) atoms. The Morgan fingerprint density at radius 1 is 1.36 bits per heavy atom. The molecule has 1 aromatic carbocycles. The molecule has 0 bridgehead atoms. The molecule has 3 nitrogen and oxygen atoms in total. The van der Waals surface area contributed by atoms with Crippen molar-refractivity contribution in [1.82, 2.24) is 0 Å². The number of nitrogens with one attached hydrogen (secondary N) is 1. The fraction of sp³-hybridized carbons (Fsp3) is 0.125. The first kappa shape index (κ1) is 7.60. The van der Waals surface area contributed by atoms with Crippen molar-refractivity contribution in [3.05, 3.63) is 35.9 Å². The minimum atomic E-state index is -0.629. The van der Waals surface area contributed by atoms with Crippen molar-refractivity contribution in [2.75, 3.05) is 0 Å². The van der Waals surface area contributed by atoms with Crippen LogP contribution in [0.5, 0.6) is 0 Å². The molecule has 1 atom stereocenters. The highest BCUT2D eigenvalue weighted by Gasteiger charge is 2.05. The molecule has 1 aromatic rings. The van der Waals surface area contributed by atoms with Gasteiger partial charge in [0.05, 0.1) is 0 Å². The van der Waals surface area contributed by atoms with E-state index in [-0.39, 0.29) is 0 Å². The second-order valence-electron chi connectivity index (χ2n) is 2.12. The van der Waals surface area contributed by atoms with Gasteiger partial charge in [-0.3, -0.25) is 0 Å². The maximum atomic E-state index is 10.3. The number of nitrogens with zero attached hydrogens (tertiary/aromatic N) is 1. The van der Waals surface area contributed by atoms with Crippen LogP contribution in [0.1, 0.15) is 11.6 Å². The summed E-state index contributed by atoms with van der Waals surface area (Å²) in [7, 11) is 0. The quantitative estimate of drug-likeness (QED) is 0.517. The minimum absolute atomic E-state index is 0.629. The fourth-order valence-corrected chi connectivity index (χ4v) is 0.834. The van der Waals surface area contributed by atoms with Crippen molar-refractivity contribution in [3.8, 4) is 0 Å². The second kappa shape index (κ2) is 3.61. The third-order valence-electron chi connectivity index (χ3n) is 1.41. The molecule has 0 fully saturated rings. The van der Waals surface area contributed by atoms with Crippen LogP contribution in [-0.2, 0) is 4.79 Å². The van der Waals surface area contributed by atoms with Crippen LogP contribution in [0.2, 0.25) is 0 Å². The largest absolute Gasteiger partial charge is 0.301 e. The van der Waals surface area contributed by atoms with E-state index in [1.807, 2.05) is 18.2 Å². The van der Waals surface area contributed by atoms with Gasteiger partial charge in [0.15, 0.2) is 12.3 Å². The van der Waals surface area contributed by atoms with Gasteiger partial charge in [-0.2, -0.15) is 5.11 Å². The Morgan fingerprint density at radius 2 is 2.00 bits per heavy atom. The summed E-state index contributed by atoms with van der Waals surface area (Å²) in [5, 5.41) is 3.16. The maximum Gasteiger partial charge on any atom is 0.151 e. The lowest BCUT2D eigenvalue weighted by Gasteiger charge is -2.00. The van der Waals surface area contributed by atoms with Crippen molar-refractivity contribution in [2.24, 2.45) is 5.11 Å². The maximum absolute atomic E-state index is 10.3. The summed E-state index contributed by atoms with van der Waals surface area (Å²) in [6.07, 6.45) is 0.655. The highest BCUT2D eigenvalue weighted by molar-refractivity contribution is 5.61. The van der Waals surface area contributed by atoms with Crippen molar-refractivity contribution in [1.29, 1.82) is 5.53 Å². The Balaban J connectivity index is 2.90. The average Bonchev–Trinajstić information content (AvgIpc) is 2.09. The summed E-state index contributed by atoms with van der Waals surface area (Å²) < 4.78 is 0. The van der Waals surface area contributed by atoms with Crippen LogP contribution in [0.4, 0.5) is 0 Å². The summed E-state index contributed by atoms with van der Waals surface area (Å²) in [6.45, 7) is 0. The number of rotatable bonds is 3. The molecule has 0 aliphatic carbocycles. The Bertz CT molecular complexity index is 238. The van der Waals surface area contributed by atoms with E-state index in [1.165, 1.54) is 0 Å². The van der Waals surface area contributed by atoms with Crippen LogP contribution in [0.25, 0.3) is 0 Å². The first-order valence-corrected chi connectivity index (χ1v) is 3.25. The van der Waals surface area contributed by atoms with Crippen molar-refractivity contribution in [3.63, 3.8) is 0 Å². The molecular formula is C8H8N2O. The van der Waals surface area contributed by atoms with Crippen LogP contribution < -0.4 is 0 Å². The zero-order valence-electron chi connectivity index (χ0n) is 5.90. The third kappa shape index (κ3) is 1.70. The zero-order chi connectivity index (χ0) is 8.10. The second-order valence-corrected chi connectivity index (χ2v) is 2.12. The molecule has 1 N–H and O–H groups in total. The lowest BCUT2D eigenvalue weighted by molar-refractivity contribution is -0.109. The summed E-state index contributed by atoms with van der Waals surface area (Å²) in [5.41, 5.74) is 7.45. The Morgan fingerprint density at radius 3 is 2.45 bits per heavy atom. The Hall–Kier alpha value is -1.51. The van der Waals surface area contributed by atoms with Gasteiger partial charge in [-0.25, -0.2) is 5.53 Å². The molecule has 1 rings (SSSR count). The Kier molecular flexibility index (Phi) is 2.49. The zero-order valence-corrected chi connectivity index (χ0v) is 5.90. The lowest BCUT2D eigenvalue weighted by atomic mass is 10.1. The molecule has 0 saturated carbocycles. The van der Waals surface area contributed by atoms with Crippen LogP contribution in [0.15, 0.2) is 35.4 Å². The van der Waals surface area contributed by atoms with Gasteiger partial charge in [0, 0.05) is 0 Å². The van der Waals surface area contributed by atoms with Gasteiger partial charge in [0.25, 0.3) is 0 Å². The smallest absolute Gasteiger partial charge is 0.151 e. The van der Waals surface area contributed by atoms with Crippen LogP contribution >= 0.6 is 0 Å². The molecule has 0 aliphatic rings. The number of benzene rings is 1. The topological polar surface area (TPSA) is 53.3 Å². The normalized spacial score (nSPS) is 12.0. The molecule has 0 heterocycles. The summed E-state index contributed by atoms with van der Waals surface area (Å²) >= 11 is 0. The van der Waals surface area contributed by atoms with E-state index < -0.39 is 6.04 Å². The van der Waals surface area contributed by atoms with Gasteiger partial charge < -0.3 is 4.79 Å². The van der Waals surface area contributed by atoms with E-state index in [2.05, 4.69) is 5.11 Å². The molecule has 0 radical (unpaired) electrons. The highest BCUT2D eigenvalue weighted by Crippen LogP contribution is 2.12. The average molecular weight is 148 g/mol. The van der Waals surface area contributed by atoms with Gasteiger partial charge in [-0.05, 0) is 5.56 Å². The standard InChI is InChI=1S/C8H8N2O/c9-10-8(6-11)7-4-2-1-3-5-7/h1-6,8-9H. The van der Waals surface area contributed by atoms with E-state index in [4.69, 9.17) is 5.53 Å². The number of carbonyl (C=O) groups excluding carboxylic acids is 1. The molecular weight excluding hydrogens is 140 g/mol. The van der Waals surface area contributed by atoms with Gasteiger partial charge in [0.2, 0.25) is 0 Å². The van der Waals surface area contributed by atoms with Crippen molar-refractivity contribution < 1.29 is 4.79 Å². The molecule has 0 aromatic heterocycles. The predicted octanol–water partition coefficient (Wildman–Crippen LogP) is 1.96. The lowest BCUT2D eigenvalue weighted by Crippen LogP contribution is -1.93. The minimum Gasteiger partial charge on any atom is -0.301 e. The molecule has 0 spiro atoms. The molecule has 56 valence electrons. The monoisotopic (exact) mass is 148 g/mol. The van der Waals surface area contributed by atoms with E-state index in [1.54, 1.807) is 12.1 Å². The van der Waals surface area contributed by atoms with Crippen molar-refractivity contribution in [2.45, 2.75) is 6.04 Å². The van der Waals surface area contributed by atoms with E-state index >= 15 is 0 Å². The van der Waals surface area contributed by atoms with Gasteiger partial charge in [-0.15, -0.1) is 0 Å². The summed E-state index contributed by atoms with van der Waals surface area (Å²) in [5.74, 6) is 0. The third-order valence-corrected chi connectivity index (χ3v) is 1.41. The van der Waals surface area contributed by atoms with Crippen LogP contribution in [0.3, 0.4) is 0 Å². The van der Waals surface area contributed by atoms with Crippen LogP contribution in [-0.4, -0.2) is 6.29 Å². The van der Waals surface area contributed by atoms with Gasteiger partial charge in [-0.1, -0.05) is 30.3 Å². The molecule has 0 amide bonds. The first-order valence-electron chi connectivity index (χ1n) is 3.25. The molecule has 0 saturated heterocycles. The Labute approximate surface area is 64.6 Å². The SMILES string of the molecule is N=NC(C=O)c1ccccc1. The number of hydrogen-bond acceptors (Lipinski definition) is 3. The molecule has 0 aliphatic heterocycles. The fourth-order valence-electron chi connectivity index (χ4n) is 0.834. The number of hydrogen-bond donors (Lipinski definition) is 1. The van der Waals surface area contributed by atoms with E-state index in [9.17, 15) is 4.79 Å². The summed E-state index contributed by atoms with van der Waals surface area (Å²) in [6, 6.07) is 8.41. The molecule has 3 heteroatoms. The van der Waals surface area contributed by atoms with Crippen molar-refractivity contribution >= 4 is 6.29 Å². The van der Waals surface area contributed by atoms with Gasteiger partial charge >= 0.3 is 0 Å². The number of carbonyl (C=O) groups is 1. The summed E-state index contributed by atoms with van der Waals surface area (Å²) in [4.78, 5) is 10.3. The van der Waals surface area contributed by atoms with E-state index in [0.29, 0.717) is 6.29 Å². The molecule has 1 unspecified atom stereocenters. The first-order chi connectivity index (χ1) is 5.38. The highest BCUT2D eigenvalue weighted by atomic mass is 16.1. The predicted molar refractivity (Wildman–Crippen MR) is 40.4 cm³/mol.